The van der Waals surface area contributed by atoms with Crippen molar-refractivity contribution in [1.29, 1.82) is 0 Å². The van der Waals surface area contributed by atoms with Crippen LogP contribution in [0.15, 0.2) is 42.5 Å². The molecular formula is C15H15Cl2NO. The van der Waals surface area contributed by atoms with E-state index in [0.717, 1.165) is 16.1 Å². The lowest BCUT2D eigenvalue weighted by Gasteiger charge is -2.15. The minimum absolute atomic E-state index is 0.163. The summed E-state index contributed by atoms with van der Waals surface area (Å²) in [5.74, 6) is 0.250. The van der Waals surface area contributed by atoms with Gasteiger partial charge in [-0.1, -0.05) is 35.3 Å². The number of benzene rings is 2. The number of rotatable bonds is 4. The molecule has 0 bridgehead atoms. The summed E-state index contributed by atoms with van der Waals surface area (Å²) in [6, 6.07) is 12.9. The van der Waals surface area contributed by atoms with Gasteiger partial charge in [-0.3, -0.25) is 0 Å². The monoisotopic (exact) mass is 295 g/mol. The molecule has 2 aromatic rings. The molecular weight excluding hydrogens is 281 g/mol. The van der Waals surface area contributed by atoms with Gasteiger partial charge in [-0.15, -0.1) is 0 Å². The van der Waals surface area contributed by atoms with Crippen LogP contribution in [0.5, 0.6) is 5.75 Å². The Morgan fingerprint density at radius 3 is 2.37 bits per heavy atom. The second-order valence-corrected chi connectivity index (χ2v) is 5.30. The lowest BCUT2D eigenvalue weighted by atomic mass is 10.1. The molecule has 0 aliphatic heterocycles. The Bertz CT molecular complexity index is 555. The van der Waals surface area contributed by atoms with Gasteiger partial charge in [0.2, 0.25) is 0 Å². The van der Waals surface area contributed by atoms with Crippen molar-refractivity contribution in [2.75, 3.05) is 0 Å². The minimum atomic E-state index is 0.163. The topological polar surface area (TPSA) is 32.3 Å². The van der Waals surface area contributed by atoms with Crippen molar-refractivity contribution >= 4 is 23.2 Å². The zero-order chi connectivity index (χ0) is 13.8. The molecule has 100 valence electrons. The number of hydrogen-bond acceptors (Lipinski definition) is 2. The maximum absolute atomic E-state index is 9.74. The average Bonchev–Trinajstić information content (AvgIpc) is 2.40. The van der Waals surface area contributed by atoms with E-state index in [9.17, 15) is 5.11 Å². The second-order valence-electron chi connectivity index (χ2n) is 4.43. The molecule has 0 amide bonds. The van der Waals surface area contributed by atoms with Crippen LogP contribution in [-0.4, -0.2) is 5.11 Å². The van der Waals surface area contributed by atoms with Gasteiger partial charge in [-0.2, -0.15) is 0 Å². The van der Waals surface area contributed by atoms with Gasteiger partial charge in [0.15, 0.2) is 0 Å². The highest BCUT2D eigenvalue weighted by molar-refractivity contribution is 6.30. The second kappa shape index (κ2) is 6.29. The molecule has 19 heavy (non-hydrogen) atoms. The molecule has 0 saturated heterocycles. The Morgan fingerprint density at radius 2 is 1.68 bits per heavy atom. The summed E-state index contributed by atoms with van der Waals surface area (Å²) >= 11 is 11.8. The summed E-state index contributed by atoms with van der Waals surface area (Å²) in [7, 11) is 0. The van der Waals surface area contributed by atoms with E-state index in [4.69, 9.17) is 23.2 Å². The van der Waals surface area contributed by atoms with Crippen molar-refractivity contribution in [3.63, 3.8) is 0 Å². The predicted molar refractivity (Wildman–Crippen MR) is 79.8 cm³/mol. The van der Waals surface area contributed by atoms with Crippen LogP contribution in [0.1, 0.15) is 24.1 Å². The molecule has 0 saturated carbocycles. The molecule has 0 aliphatic rings. The third-order valence-electron chi connectivity index (χ3n) is 3.01. The van der Waals surface area contributed by atoms with Crippen LogP contribution in [0.3, 0.4) is 0 Å². The number of aromatic hydroxyl groups is 1. The van der Waals surface area contributed by atoms with Crippen LogP contribution in [0.4, 0.5) is 0 Å². The summed E-state index contributed by atoms with van der Waals surface area (Å²) in [4.78, 5) is 0. The van der Waals surface area contributed by atoms with Crippen LogP contribution >= 0.6 is 23.2 Å². The molecule has 2 rings (SSSR count). The normalized spacial score (nSPS) is 12.4. The van der Waals surface area contributed by atoms with Gasteiger partial charge >= 0.3 is 0 Å². The van der Waals surface area contributed by atoms with E-state index in [2.05, 4.69) is 12.2 Å². The minimum Gasteiger partial charge on any atom is -0.508 e. The number of halogens is 2. The quantitative estimate of drug-likeness (QED) is 0.867. The van der Waals surface area contributed by atoms with Crippen molar-refractivity contribution in [3.8, 4) is 5.75 Å². The fourth-order valence-electron chi connectivity index (χ4n) is 1.83. The zero-order valence-electron chi connectivity index (χ0n) is 10.5. The largest absolute Gasteiger partial charge is 0.508 e. The van der Waals surface area contributed by atoms with Gasteiger partial charge in [-0.05, 0) is 42.8 Å². The summed E-state index contributed by atoms with van der Waals surface area (Å²) in [5.41, 5.74) is 1.93. The van der Waals surface area contributed by atoms with Crippen LogP contribution in [0.2, 0.25) is 10.0 Å². The summed E-state index contributed by atoms with van der Waals surface area (Å²) in [6.07, 6.45) is 0. The molecule has 2 nitrogen and oxygen atoms in total. The number of phenolic OH excluding ortho intramolecular Hbond substituents is 1. The Balaban J connectivity index is 2.02. The van der Waals surface area contributed by atoms with E-state index in [0.29, 0.717) is 11.6 Å². The van der Waals surface area contributed by atoms with Crippen LogP contribution in [0.25, 0.3) is 0 Å². The third kappa shape index (κ3) is 3.87. The highest BCUT2D eigenvalue weighted by Gasteiger charge is 2.07. The molecule has 2 N–H and O–H groups in total. The SMILES string of the molecule is C[C@@H](NCc1cc(Cl)ccc1O)c1ccc(Cl)cc1. The molecule has 0 heterocycles. The smallest absolute Gasteiger partial charge is 0.120 e. The first-order valence-electron chi connectivity index (χ1n) is 6.02. The van der Waals surface area contributed by atoms with Gasteiger partial charge < -0.3 is 10.4 Å². The van der Waals surface area contributed by atoms with Crippen molar-refractivity contribution in [3.05, 3.63) is 63.6 Å². The third-order valence-corrected chi connectivity index (χ3v) is 3.50. The zero-order valence-corrected chi connectivity index (χ0v) is 12.0. The molecule has 0 unspecified atom stereocenters. The van der Waals surface area contributed by atoms with Crippen LogP contribution in [0, 0.1) is 0 Å². The molecule has 0 fully saturated rings. The highest BCUT2D eigenvalue weighted by atomic mass is 35.5. The van der Waals surface area contributed by atoms with Crippen molar-refractivity contribution in [2.45, 2.75) is 19.5 Å². The molecule has 0 spiro atoms. The van der Waals surface area contributed by atoms with E-state index in [-0.39, 0.29) is 11.8 Å². The Morgan fingerprint density at radius 1 is 1.05 bits per heavy atom. The van der Waals surface area contributed by atoms with Crippen molar-refractivity contribution in [2.24, 2.45) is 0 Å². The van der Waals surface area contributed by atoms with E-state index < -0.39 is 0 Å². The fourth-order valence-corrected chi connectivity index (χ4v) is 2.15. The lowest BCUT2D eigenvalue weighted by Crippen LogP contribution is -2.18. The lowest BCUT2D eigenvalue weighted by molar-refractivity contribution is 0.460. The van der Waals surface area contributed by atoms with Gasteiger partial charge in [0.25, 0.3) is 0 Å². The van der Waals surface area contributed by atoms with E-state index in [1.807, 2.05) is 24.3 Å². The number of phenols is 1. The predicted octanol–water partition coefficient (Wildman–Crippen LogP) is 4.55. The van der Waals surface area contributed by atoms with E-state index in [1.54, 1.807) is 18.2 Å². The fraction of sp³-hybridized carbons (Fsp3) is 0.200. The Hall–Kier alpha value is -1.22. The molecule has 4 heteroatoms. The van der Waals surface area contributed by atoms with Crippen molar-refractivity contribution < 1.29 is 5.11 Å². The van der Waals surface area contributed by atoms with Crippen LogP contribution < -0.4 is 5.32 Å². The molecule has 0 radical (unpaired) electrons. The van der Waals surface area contributed by atoms with E-state index >= 15 is 0 Å². The maximum atomic E-state index is 9.74. The summed E-state index contributed by atoms with van der Waals surface area (Å²) in [6.45, 7) is 2.61. The summed E-state index contributed by atoms with van der Waals surface area (Å²) in [5, 5.41) is 14.4. The summed E-state index contributed by atoms with van der Waals surface area (Å²) < 4.78 is 0. The molecule has 2 aromatic carbocycles. The highest BCUT2D eigenvalue weighted by Crippen LogP contribution is 2.22. The first-order chi connectivity index (χ1) is 9.06. The first-order valence-corrected chi connectivity index (χ1v) is 6.78. The van der Waals surface area contributed by atoms with Crippen LogP contribution in [-0.2, 0) is 6.54 Å². The maximum Gasteiger partial charge on any atom is 0.120 e. The average molecular weight is 296 g/mol. The first kappa shape index (κ1) is 14.2. The van der Waals surface area contributed by atoms with Gasteiger partial charge in [0, 0.05) is 28.2 Å². The molecule has 0 aliphatic carbocycles. The molecule has 1 atom stereocenters. The number of hydrogen-bond donors (Lipinski definition) is 2. The van der Waals surface area contributed by atoms with E-state index in [1.165, 1.54) is 0 Å². The Labute approximate surface area is 123 Å². The van der Waals surface area contributed by atoms with Crippen molar-refractivity contribution in [1.82, 2.24) is 5.32 Å². The van der Waals surface area contributed by atoms with Gasteiger partial charge in [-0.25, -0.2) is 0 Å². The standard InChI is InChI=1S/C15H15Cl2NO/c1-10(11-2-4-13(16)5-3-11)18-9-12-8-14(17)6-7-15(12)19/h2-8,10,18-19H,9H2,1H3/t10-/m1/s1. The molecule has 0 aromatic heterocycles. The van der Waals surface area contributed by atoms with Gasteiger partial charge in [0.05, 0.1) is 0 Å². The van der Waals surface area contributed by atoms with Gasteiger partial charge in [0.1, 0.15) is 5.75 Å². The Kier molecular flexibility index (Phi) is 4.70. The number of nitrogens with one attached hydrogen (secondary N) is 1.